The van der Waals surface area contributed by atoms with Crippen LogP contribution in [-0.2, 0) is 4.79 Å². The molecule has 2 aliphatic rings. The van der Waals surface area contributed by atoms with Crippen LogP contribution >= 0.6 is 0 Å². The molecule has 0 aromatic heterocycles. The highest BCUT2D eigenvalue weighted by Crippen LogP contribution is 2.50. The molecule has 3 rings (SSSR count). The Bertz CT molecular complexity index is 792. The van der Waals surface area contributed by atoms with Crippen molar-refractivity contribution in [3.8, 4) is 11.5 Å². The predicted octanol–water partition coefficient (Wildman–Crippen LogP) is 7.89. The molecule has 3 heteroatoms. The van der Waals surface area contributed by atoms with Crippen LogP contribution in [0.3, 0.4) is 0 Å². The molecule has 1 aliphatic carbocycles. The van der Waals surface area contributed by atoms with E-state index in [-0.39, 0.29) is 11.9 Å². The molecule has 0 bridgehead atoms. The van der Waals surface area contributed by atoms with E-state index in [0.29, 0.717) is 29.9 Å². The molecule has 1 aliphatic heterocycles. The molecule has 166 valence electrons. The van der Waals surface area contributed by atoms with Gasteiger partial charge in [-0.1, -0.05) is 67.2 Å². The second-order valence-corrected chi connectivity index (χ2v) is 9.64. The van der Waals surface area contributed by atoms with Gasteiger partial charge in [0.05, 0.1) is 0 Å². The molecule has 1 heterocycles. The van der Waals surface area contributed by atoms with Crippen molar-refractivity contribution in [1.29, 1.82) is 0 Å². The van der Waals surface area contributed by atoms with Crippen molar-refractivity contribution in [3.05, 3.63) is 34.6 Å². The summed E-state index contributed by atoms with van der Waals surface area (Å²) in [5.41, 5.74) is 3.67. The Morgan fingerprint density at radius 2 is 1.97 bits per heavy atom. The number of unbranched alkanes of at least 4 members (excludes halogenated alkanes) is 2. The first kappa shape index (κ1) is 22.9. The van der Waals surface area contributed by atoms with Crippen molar-refractivity contribution in [2.24, 2.45) is 11.8 Å². The summed E-state index contributed by atoms with van der Waals surface area (Å²) in [6.07, 6.45) is 8.70. The lowest BCUT2D eigenvalue weighted by atomic mass is 9.78. The lowest BCUT2D eigenvalue weighted by Crippen LogP contribution is -2.22. The maximum absolute atomic E-state index is 12.2. The molecule has 1 aromatic carbocycles. The first-order chi connectivity index (χ1) is 14.3. The lowest BCUT2D eigenvalue weighted by Gasteiger charge is -2.35. The monoisotopic (exact) mass is 412 g/mol. The third-order valence-corrected chi connectivity index (χ3v) is 7.27. The fraction of sp³-hybridized carbons (Fsp3) is 0.667. The number of benzene rings is 1. The fourth-order valence-electron chi connectivity index (χ4n) is 4.93. The summed E-state index contributed by atoms with van der Waals surface area (Å²) in [4.78, 5) is 12.2. The summed E-state index contributed by atoms with van der Waals surface area (Å²) in [7, 11) is 0. The number of esters is 1. The van der Waals surface area contributed by atoms with Crippen LogP contribution in [0, 0.1) is 11.8 Å². The van der Waals surface area contributed by atoms with Crippen LogP contribution in [0.25, 0.3) is 0 Å². The second kappa shape index (κ2) is 10.0. The highest BCUT2D eigenvalue weighted by molar-refractivity contribution is 5.73. The minimum Gasteiger partial charge on any atom is -0.461 e. The maximum atomic E-state index is 12.2. The molecule has 0 N–H and O–H groups in total. The summed E-state index contributed by atoms with van der Waals surface area (Å²) in [6.45, 7) is 13.3. The first-order valence-corrected chi connectivity index (χ1v) is 12.1. The van der Waals surface area contributed by atoms with Crippen LogP contribution < -0.4 is 9.47 Å². The Hall–Kier alpha value is -1.77. The SMILES string of the molecule is CCCCCC(C)C(C)c1cc(OC(=O)CC)c2c(c1)OC1=C(CCC(C)C1)C2C. The van der Waals surface area contributed by atoms with E-state index in [0.717, 1.165) is 29.9 Å². The maximum Gasteiger partial charge on any atom is 0.310 e. The Morgan fingerprint density at radius 1 is 1.20 bits per heavy atom. The molecule has 0 saturated carbocycles. The minimum absolute atomic E-state index is 0.178. The van der Waals surface area contributed by atoms with E-state index in [2.05, 4.69) is 46.8 Å². The van der Waals surface area contributed by atoms with E-state index in [9.17, 15) is 4.79 Å². The molecule has 0 amide bonds. The lowest BCUT2D eigenvalue weighted by molar-refractivity contribution is -0.134. The molecule has 1 aromatic rings. The molecule has 4 atom stereocenters. The van der Waals surface area contributed by atoms with Crippen LogP contribution in [-0.4, -0.2) is 5.97 Å². The molecule has 0 saturated heterocycles. The van der Waals surface area contributed by atoms with Crippen LogP contribution in [0.15, 0.2) is 23.5 Å². The number of carbonyl (C=O) groups is 1. The van der Waals surface area contributed by atoms with E-state index < -0.39 is 0 Å². The molecular formula is C27H40O3. The van der Waals surface area contributed by atoms with E-state index in [4.69, 9.17) is 9.47 Å². The quantitative estimate of drug-likeness (QED) is 0.247. The van der Waals surface area contributed by atoms with Crippen molar-refractivity contribution in [1.82, 2.24) is 0 Å². The molecule has 30 heavy (non-hydrogen) atoms. The number of allylic oxidation sites excluding steroid dienone is 2. The topological polar surface area (TPSA) is 35.5 Å². The number of ether oxygens (including phenoxy) is 2. The largest absolute Gasteiger partial charge is 0.461 e. The van der Waals surface area contributed by atoms with Crippen LogP contribution in [0.1, 0.15) is 116 Å². The minimum atomic E-state index is -0.178. The van der Waals surface area contributed by atoms with Gasteiger partial charge < -0.3 is 9.47 Å². The molecule has 0 fully saturated rings. The summed E-state index contributed by atoms with van der Waals surface area (Å²) < 4.78 is 12.4. The van der Waals surface area contributed by atoms with Crippen molar-refractivity contribution in [2.45, 2.75) is 105 Å². The summed E-state index contributed by atoms with van der Waals surface area (Å²) in [6, 6.07) is 4.34. The van der Waals surface area contributed by atoms with Gasteiger partial charge in [-0.2, -0.15) is 0 Å². The van der Waals surface area contributed by atoms with Crippen molar-refractivity contribution in [3.63, 3.8) is 0 Å². The number of rotatable bonds is 8. The van der Waals surface area contributed by atoms with Crippen LogP contribution in [0.5, 0.6) is 11.5 Å². The Kier molecular flexibility index (Phi) is 7.65. The average molecular weight is 413 g/mol. The third-order valence-electron chi connectivity index (χ3n) is 7.27. The number of fused-ring (bicyclic) bond motifs is 1. The van der Waals surface area contributed by atoms with E-state index >= 15 is 0 Å². The zero-order chi connectivity index (χ0) is 21.8. The van der Waals surface area contributed by atoms with Gasteiger partial charge in [-0.05, 0) is 53.9 Å². The Balaban J connectivity index is 1.96. The van der Waals surface area contributed by atoms with Gasteiger partial charge in [-0.25, -0.2) is 0 Å². The van der Waals surface area contributed by atoms with E-state index in [1.54, 1.807) is 0 Å². The molecule has 4 unspecified atom stereocenters. The van der Waals surface area contributed by atoms with Crippen LogP contribution in [0.2, 0.25) is 0 Å². The predicted molar refractivity (Wildman–Crippen MR) is 123 cm³/mol. The van der Waals surface area contributed by atoms with Gasteiger partial charge in [-0.15, -0.1) is 0 Å². The molecule has 0 spiro atoms. The molecule has 0 radical (unpaired) electrons. The summed E-state index contributed by atoms with van der Waals surface area (Å²) in [5.74, 6) is 4.46. The van der Waals surface area contributed by atoms with Crippen LogP contribution in [0.4, 0.5) is 0 Å². The van der Waals surface area contributed by atoms with Gasteiger partial charge in [0.25, 0.3) is 0 Å². The van der Waals surface area contributed by atoms with Gasteiger partial charge in [0, 0.05) is 24.3 Å². The Labute approximate surface area is 183 Å². The van der Waals surface area contributed by atoms with Crippen molar-refractivity contribution in [2.75, 3.05) is 0 Å². The first-order valence-electron chi connectivity index (χ1n) is 12.1. The van der Waals surface area contributed by atoms with E-state index in [1.807, 2.05) is 6.92 Å². The van der Waals surface area contributed by atoms with E-state index in [1.165, 1.54) is 43.2 Å². The zero-order valence-corrected chi connectivity index (χ0v) is 19.8. The molecule has 3 nitrogen and oxygen atoms in total. The van der Waals surface area contributed by atoms with Crippen molar-refractivity contribution >= 4 is 5.97 Å². The summed E-state index contributed by atoms with van der Waals surface area (Å²) >= 11 is 0. The third kappa shape index (κ3) is 4.92. The van der Waals surface area contributed by atoms with Gasteiger partial charge in [0.1, 0.15) is 17.3 Å². The summed E-state index contributed by atoms with van der Waals surface area (Å²) in [5, 5.41) is 0. The number of carbonyl (C=O) groups excluding carboxylic acids is 1. The standard InChI is InChI=1S/C27H40O3/c1-7-9-10-11-18(4)19(5)21-15-24-27(25(16-21)30-26(28)8-2)20(6)22-13-12-17(3)14-23(22)29-24/h15-20H,7-14H2,1-6H3. The highest BCUT2D eigenvalue weighted by Gasteiger charge is 2.34. The van der Waals surface area contributed by atoms with Gasteiger partial charge in [-0.3, -0.25) is 4.79 Å². The zero-order valence-electron chi connectivity index (χ0n) is 19.8. The van der Waals surface area contributed by atoms with Gasteiger partial charge >= 0.3 is 5.97 Å². The van der Waals surface area contributed by atoms with Gasteiger partial charge in [0.2, 0.25) is 0 Å². The Morgan fingerprint density at radius 3 is 2.67 bits per heavy atom. The second-order valence-electron chi connectivity index (χ2n) is 9.64. The van der Waals surface area contributed by atoms with Crippen molar-refractivity contribution < 1.29 is 14.3 Å². The number of hydrogen-bond acceptors (Lipinski definition) is 3. The average Bonchev–Trinajstić information content (AvgIpc) is 2.72. The normalized spacial score (nSPS) is 22.6. The fourth-order valence-corrected chi connectivity index (χ4v) is 4.93. The van der Waals surface area contributed by atoms with Gasteiger partial charge in [0.15, 0.2) is 0 Å². The number of hydrogen-bond donors (Lipinski definition) is 0. The molecular weight excluding hydrogens is 372 g/mol. The smallest absolute Gasteiger partial charge is 0.310 e. The highest BCUT2D eigenvalue weighted by atomic mass is 16.5.